The lowest BCUT2D eigenvalue weighted by Crippen LogP contribution is -2.24. The van der Waals surface area contributed by atoms with Gasteiger partial charge in [0, 0.05) is 6.42 Å². The first-order valence-electron chi connectivity index (χ1n) is 6.68. The van der Waals surface area contributed by atoms with E-state index in [1.807, 2.05) is 0 Å². The van der Waals surface area contributed by atoms with Crippen molar-refractivity contribution in [3.8, 4) is 0 Å². The highest BCUT2D eigenvalue weighted by Crippen LogP contribution is 2.43. The Morgan fingerprint density at radius 3 is 2.72 bits per heavy atom. The molecule has 2 rings (SSSR count). The van der Waals surface area contributed by atoms with Crippen molar-refractivity contribution in [1.82, 2.24) is 0 Å². The molecule has 0 aromatic rings. The van der Waals surface area contributed by atoms with Gasteiger partial charge in [0.15, 0.2) is 0 Å². The summed E-state index contributed by atoms with van der Waals surface area (Å²) in [6.45, 7) is 0. The Kier molecular flexibility index (Phi) is 4.22. The van der Waals surface area contributed by atoms with Gasteiger partial charge in [-0.1, -0.05) is 6.42 Å². The molecule has 2 N–H and O–H groups in total. The summed E-state index contributed by atoms with van der Waals surface area (Å²) in [5, 5.41) is 17.7. The fraction of sp³-hybridized carbons (Fsp3) is 0.846. The summed E-state index contributed by atoms with van der Waals surface area (Å²) in [7, 11) is 0. The number of ether oxygens (including phenoxy) is 1. The number of carbonyl (C=O) groups is 2. The van der Waals surface area contributed by atoms with Crippen LogP contribution >= 0.6 is 0 Å². The molecular weight excluding hydrogens is 236 g/mol. The Balaban J connectivity index is 1.78. The maximum absolute atomic E-state index is 11.2. The van der Waals surface area contributed by atoms with Gasteiger partial charge in [-0.3, -0.25) is 9.59 Å². The number of aliphatic carboxylic acids is 2. The molecule has 1 saturated carbocycles. The third-order valence-corrected chi connectivity index (χ3v) is 4.03. The number of carboxylic acid groups (broad SMARTS) is 2. The summed E-state index contributed by atoms with van der Waals surface area (Å²) < 4.78 is 5.53. The van der Waals surface area contributed by atoms with E-state index in [4.69, 9.17) is 9.84 Å². The quantitative estimate of drug-likeness (QED) is 0.679. The van der Waals surface area contributed by atoms with Gasteiger partial charge in [-0.05, 0) is 38.0 Å². The molecule has 5 heteroatoms. The van der Waals surface area contributed by atoms with E-state index in [0.717, 1.165) is 19.3 Å². The molecule has 0 amide bonds. The van der Waals surface area contributed by atoms with Gasteiger partial charge in [0.1, 0.15) is 0 Å². The molecule has 0 aromatic heterocycles. The predicted octanol–water partition coefficient (Wildman–Crippen LogP) is 1.90. The van der Waals surface area contributed by atoms with Crippen LogP contribution in [0.15, 0.2) is 0 Å². The van der Waals surface area contributed by atoms with Crippen LogP contribution in [0.3, 0.4) is 0 Å². The van der Waals surface area contributed by atoms with E-state index in [1.54, 1.807) is 0 Å². The van der Waals surface area contributed by atoms with Gasteiger partial charge < -0.3 is 14.9 Å². The topological polar surface area (TPSA) is 87.1 Å². The molecule has 1 heterocycles. The number of hydrogen-bond donors (Lipinski definition) is 2. The summed E-state index contributed by atoms with van der Waals surface area (Å²) in [6, 6.07) is 0. The van der Waals surface area contributed by atoms with E-state index < -0.39 is 17.9 Å². The Hall–Kier alpha value is -1.10. The number of fused-ring (bicyclic) bond motifs is 1. The van der Waals surface area contributed by atoms with Gasteiger partial charge >= 0.3 is 11.9 Å². The van der Waals surface area contributed by atoms with E-state index in [9.17, 15) is 14.7 Å². The zero-order valence-electron chi connectivity index (χ0n) is 10.4. The van der Waals surface area contributed by atoms with Crippen molar-refractivity contribution in [2.45, 2.75) is 57.2 Å². The van der Waals surface area contributed by atoms with Crippen molar-refractivity contribution >= 4 is 11.9 Å². The Labute approximate surface area is 106 Å². The van der Waals surface area contributed by atoms with Gasteiger partial charge in [0.05, 0.1) is 18.1 Å². The van der Waals surface area contributed by atoms with Gasteiger partial charge in [0.25, 0.3) is 0 Å². The van der Waals surface area contributed by atoms with Crippen LogP contribution in [0.5, 0.6) is 0 Å². The van der Waals surface area contributed by atoms with Crippen LogP contribution in [0, 0.1) is 11.8 Å². The number of epoxide rings is 1. The van der Waals surface area contributed by atoms with Crippen molar-refractivity contribution in [3.05, 3.63) is 0 Å². The maximum atomic E-state index is 11.2. The molecule has 5 nitrogen and oxygen atoms in total. The summed E-state index contributed by atoms with van der Waals surface area (Å²) >= 11 is 0. The fourth-order valence-electron chi connectivity index (χ4n) is 3.01. The van der Waals surface area contributed by atoms with Crippen molar-refractivity contribution < 1.29 is 24.5 Å². The first-order chi connectivity index (χ1) is 8.58. The predicted molar refractivity (Wildman–Crippen MR) is 63.2 cm³/mol. The lowest BCUT2D eigenvalue weighted by Gasteiger charge is -2.21. The minimum Gasteiger partial charge on any atom is -0.481 e. The van der Waals surface area contributed by atoms with E-state index in [1.165, 1.54) is 0 Å². The molecule has 0 bridgehead atoms. The van der Waals surface area contributed by atoms with Gasteiger partial charge in [-0.25, -0.2) is 0 Å². The summed E-state index contributed by atoms with van der Waals surface area (Å²) in [6.07, 6.45) is 5.50. The first-order valence-corrected chi connectivity index (χ1v) is 6.68. The molecule has 4 atom stereocenters. The van der Waals surface area contributed by atoms with Crippen LogP contribution < -0.4 is 0 Å². The lowest BCUT2D eigenvalue weighted by atomic mass is 9.81. The number of carboxylic acids is 2. The Morgan fingerprint density at radius 2 is 2.06 bits per heavy atom. The molecule has 1 aliphatic heterocycles. The maximum Gasteiger partial charge on any atom is 0.306 e. The summed E-state index contributed by atoms with van der Waals surface area (Å²) in [5.41, 5.74) is 0. The molecule has 1 saturated heterocycles. The highest BCUT2D eigenvalue weighted by Gasteiger charge is 2.47. The van der Waals surface area contributed by atoms with Gasteiger partial charge in [0.2, 0.25) is 0 Å². The second-order valence-corrected chi connectivity index (χ2v) is 5.39. The molecule has 0 spiro atoms. The molecule has 102 valence electrons. The zero-order chi connectivity index (χ0) is 13.1. The van der Waals surface area contributed by atoms with Crippen LogP contribution in [0.25, 0.3) is 0 Å². The first kappa shape index (κ1) is 13.3. The van der Waals surface area contributed by atoms with Crippen LogP contribution in [0.1, 0.15) is 44.9 Å². The van der Waals surface area contributed by atoms with Crippen molar-refractivity contribution in [3.63, 3.8) is 0 Å². The highest BCUT2D eigenvalue weighted by atomic mass is 16.6. The monoisotopic (exact) mass is 256 g/mol. The van der Waals surface area contributed by atoms with E-state index >= 15 is 0 Å². The second kappa shape index (κ2) is 5.69. The fourth-order valence-corrected chi connectivity index (χ4v) is 3.01. The van der Waals surface area contributed by atoms with Crippen molar-refractivity contribution in [2.75, 3.05) is 0 Å². The molecule has 1 aliphatic carbocycles. The van der Waals surface area contributed by atoms with Crippen LogP contribution in [0.4, 0.5) is 0 Å². The van der Waals surface area contributed by atoms with Crippen LogP contribution in [-0.4, -0.2) is 34.4 Å². The average molecular weight is 256 g/mol. The largest absolute Gasteiger partial charge is 0.481 e. The molecule has 2 fully saturated rings. The number of rotatable bonds is 7. The highest BCUT2D eigenvalue weighted by molar-refractivity contribution is 5.70. The van der Waals surface area contributed by atoms with Crippen molar-refractivity contribution in [2.24, 2.45) is 11.8 Å². The zero-order valence-corrected chi connectivity index (χ0v) is 10.4. The minimum absolute atomic E-state index is 0.0526. The second-order valence-electron chi connectivity index (χ2n) is 5.39. The van der Waals surface area contributed by atoms with Gasteiger partial charge in [-0.15, -0.1) is 0 Å². The molecule has 2 aliphatic rings. The third-order valence-electron chi connectivity index (χ3n) is 4.03. The average Bonchev–Trinajstić information content (AvgIpc) is 3.06. The Bertz CT molecular complexity index is 327. The smallest absolute Gasteiger partial charge is 0.306 e. The van der Waals surface area contributed by atoms with Crippen LogP contribution in [-0.2, 0) is 14.3 Å². The standard InChI is InChI=1S/C13H20O5/c14-11(15)6-2-4-9(13(16)17)7-8-3-1-5-10-12(8)18-10/h8-10,12H,1-7H2,(H,14,15)(H,16,17). The normalized spacial score (nSPS) is 31.4. The summed E-state index contributed by atoms with van der Waals surface area (Å²) in [5.74, 6) is -1.72. The van der Waals surface area contributed by atoms with E-state index in [0.29, 0.717) is 31.3 Å². The molecule has 4 unspecified atom stereocenters. The van der Waals surface area contributed by atoms with E-state index in [-0.39, 0.29) is 12.5 Å². The minimum atomic E-state index is -0.859. The molecular formula is C13H20O5. The van der Waals surface area contributed by atoms with Crippen molar-refractivity contribution in [1.29, 1.82) is 0 Å². The summed E-state index contributed by atoms with van der Waals surface area (Å²) in [4.78, 5) is 21.6. The van der Waals surface area contributed by atoms with E-state index in [2.05, 4.69) is 0 Å². The van der Waals surface area contributed by atoms with Crippen LogP contribution in [0.2, 0.25) is 0 Å². The SMILES string of the molecule is O=C(O)CCCC(CC1CCCC2OC12)C(=O)O. The molecule has 0 aromatic carbocycles. The number of hydrogen-bond acceptors (Lipinski definition) is 3. The Morgan fingerprint density at radius 1 is 1.28 bits per heavy atom. The van der Waals surface area contributed by atoms with Gasteiger partial charge in [-0.2, -0.15) is 0 Å². The third kappa shape index (κ3) is 3.45. The molecule has 0 radical (unpaired) electrons. The molecule has 18 heavy (non-hydrogen) atoms. The lowest BCUT2D eigenvalue weighted by molar-refractivity contribution is -0.143.